The zero-order valence-electron chi connectivity index (χ0n) is 11.4. The molecule has 0 saturated heterocycles. The molecule has 0 aromatic heterocycles. The second-order valence-corrected chi connectivity index (χ2v) is 5.12. The highest BCUT2D eigenvalue weighted by Gasteiger charge is 2.10. The van der Waals surface area contributed by atoms with Crippen molar-refractivity contribution < 1.29 is 4.79 Å². The molecule has 0 spiro atoms. The largest absolute Gasteiger partial charge is 0.326 e. The van der Waals surface area contributed by atoms with Gasteiger partial charge >= 0.3 is 0 Å². The summed E-state index contributed by atoms with van der Waals surface area (Å²) < 4.78 is 0. The smallest absolute Gasteiger partial charge is 0.228 e. The third kappa shape index (κ3) is 3.06. The van der Waals surface area contributed by atoms with Gasteiger partial charge in [0, 0.05) is 12.2 Å². The Kier molecular flexibility index (Phi) is 3.79. The second kappa shape index (κ2) is 5.88. The molecule has 102 valence electrons. The number of fused-ring (bicyclic) bond motifs is 1. The molecule has 0 saturated carbocycles. The number of hydrogen-bond acceptors (Lipinski definition) is 2. The number of carbonyl (C=O) groups excluding carboxylic acids is 1. The van der Waals surface area contributed by atoms with Crippen molar-refractivity contribution in [2.24, 2.45) is 0 Å². The maximum absolute atomic E-state index is 12.0. The summed E-state index contributed by atoms with van der Waals surface area (Å²) in [6.45, 7) is 1.92. The zero-order valence-corrected chi connectivity index (χ0v) is 11.4. The van der Waals surface area contributed by atoms with E-state index in [2.05, 4.69) is 22.8 Å². The van der Waals surface area contributed by atoms with Gasteiger partial charge in [-0.15, -0.1) is 0 Å². The number of anilines is 1. The van der Waals surface area contributed by atoms with E-state index in [-0.39, 0.29) is 5.91 Å². The van der Waals surface area contributed by atoms with Crippen LogP contribution >= 0.6 is 0 Å². The van der Waals surface area contributed by atoms with Crippen LogP contribution in [0, 0.1) is 0 Å². The van der Waals surface area contributed by atoms with E-state index in [9.17, 15) is 4.79 Å². The maximum atomic E-state index is 12.0. The Bertz CT molecular complexity index is 608. The van der Waals surface area contributed by atoms with Crippen molar-refractivity contribution in [3.8, 4) is 0 Å². The molecule has 0 fully saturated rings. The summed E-state index contributed by atoms with van der Waals surface area (Å²) in [6.07, 6.45) is 1.48. The molecule has 20 heavy (non-hydrogen) atoms. The maximum Gasteiger partial charge on any atom is 0.228 e. The van der Waals surface area contributed by atoms with Gasteiger partial charge in [-0.1, -0.05) is 36.4 Å². The molecule has 1 aliphatic rings. The van der Waals surface area contributed by atoms with Gasteiger partial charge in [-0.3, -0.25) is 4.79 Å². The van der Waals surface area contributed by atoms with Gasteiger partial charge in [0.2, 0.25) is 5.91 Å². The molecule has 2 aromatic carbocycles. The molecule has 0 bridgehead atoms. The average molecular weight is 266 g/mol. The lowest BCUT2D eigenvalue weighted by molar-refractivity contribution is -0.115. The second-order valence-electron chi connectivity index (χ2n) is 5.12. The van der Waals surface area contributed by atoms with Crippen LogP contribution in [0.25, 0.3) is 0 Å². The summed E-state index contributed by atoms with van der Waals surface area (Å²) in [6, 6.07) is 16.0. The highest BCUT2D eigenvalue weighted by atomic mass is 16.1. The van der Waals surface area contributed by atoms with Crippen molar-refractivity contribution in [1.82, 2.24) is 5.32 Å². The summed E-state index contributed by atoms with van der Waals surface area (Å²) in [5, 5.41) is 6.32. The van der Waals surface area contributed by atoms with Crippen molar-refractivity contribution in [1.29, 1.82) is 0 Å². The molecule has 1 heterocycles. The Morgan fingerprint density at radius 3 is 2.80 bits per heavy atom. The lowest BCUT2D eigenvalue weighted by Gasteiger charge is -2.18. The van der Waals surface area contributed by atoms with Crippen LogP contribution in [0.1, 0.15) is 16.7 Å². The zero-order chi connectivity index (χ0) is 13.8. The Morgan fingerprint density at radius 1 is 1.10 bits per heavy atom. The molecule has 2 N–H and O–H groups in total. The van der Waals surface area contributed by atoms with Gasteiger partial charge in [0.25, 0.3) is 0 Å². The van der Waals surface area contributed by atoms with Crippen LogP contribution in [0.4, 0.5) is 5.69 Å². The number of hydrogen-bond donors (Lipinski definition) is 2. The Morgan fingerprint density at radius 2 is 1.95 bits per heavy atom. The molecule has 2 aromatic rings. The van der Waals surface area contributed by atoms with E-state index in [1.165, 1.54) is 11.1 Å². The van der Waals surface area contributed by atoms with Crippen molar-refractivity contribution in [2.75, 3.05) is 11.9 Å². The fraction of sp³-hybridized carbons (Fsp3) is 0.235. The molecule has 3 heteroatoms. The summed E-state index contributed by atoms with van der Waals surface area (Å²) in [7, 11) is 0. The van der Waals surface area contributed by atoms with Gasteiger partial charge in [0.1, 0.15) is 0 Å². The highest BCUT2D eigenvalue weighted by molar-refractivity contribution is 5.92. The predicted molar refractivity (Wildman–Crippen MR) is 80.6 cm³/mol. The quantitative estimate of drug-likeness (QED) is 0.896. The van der Waals surface area contributed by atoms with E-state index in [4.69, 9.17) is 0 Å². The summed E-state index contributed by atoms with van der Waals surface area (Å²) in [4.78, 5) is 12.0. The molecule has 0 radical (unpaired) electrons. The Hall–Kier alpha value is -2.13. The van der Waals surface area contributed by atoms with Crippen LogP contribution in [0.3, 0.4) is 0 Å². The Labute approximate surface area is 119 Å². The fourth-order valence-electron chi connectivity index (χ4n) is 2.54. The van der Waals surface area contributed by atoms with Gasteiger partial charge in [-0.25, -0.2) is 0 Å². The van der Waals surface area contributed by atoms with E-state index in [0.29, 0.717) is 6.42 Å². The Balaban J connectivity index is 1.67. The first-order valence-electron chi connectivity index (χ1n) is 6.97. The van der Waals surface area contributed by atoms with Crippen LogP contribution in [0.2, 0.25) is 0 Å². The minimum atomic E-state index is 0.0277. The van der Waals surface area contributed by atoms with Crippen molar-refractivity contribution in [3.63, 3.8) is 0 Å². The SMILES string of the molecule is O=C(Cc1ccccc1)Nc1ccc2c(c1)CNCC2. The molecule has 3 rings (SSSR count). The summed E-state index contributed by atoms with van der Waals surface area (Å²) in [5.41, 5.74) is 4.58. The first kappa shape index (κ1) is 12.9. The minimum Gasteiger partial charge on any atom is -0.326 e. The van der Waals surface area contributed by atoms with E-state index < -0.39 is 0 Å². The monoisotopic (exact) mass is 266 g/mol. The lowest BCUT2D eigenvalue weighted by Crippen LogP contribution is -2.24. The van der Waals surface area contributed by atoms with E-state index in [0.717, 1.165) is 30.8 Å². The molecule has 1 amide bonds. The molecule has 0 aliphatic carbocycles. The molecular weight excluding hydrogens is 248 g/mol. The molecule has 0 atom stereocenters. The first-order chi connectivity index (χ1) is 9.81. The molecule has 1 aliphatic heterocycles. The molecular formula is C17H18N2O. The summed E-state index contributed by atoms with van der Waals surface area (Å²) in [5.74, 6) is 0.0277. The van der Waals surface area contributed by atoms with Crippen molar-refractivity contribution in [2.45, 2.75) is 19.4 Å². The van der Waals surface area contributed by atoms with Crippen LogP contribution in [0.15, 0.2) is 48.5 Å². The fourth-order valence-corrected chi connectivity index (χ4v) is 2.54. The highest BCUT2D eigenvalue weighted by Crippen LogP contribution is 2.19. The first-order valence-corrected chi connectivity index (χ1v) is 6.97. The number of carbonyl (C=O) groups is 1. The van der Waals surface area contributed by atoms with Crippen LogP contribution in [-0.2, 0) is 24.2 Å². The normalized spacial score (nSPS) is 13.6. The van der Waals surface area contributed by atoms with Crippen LogP contribution in [-0.4, -0.2) is 12.5 Å². The van der Waals surface area contributed by atoms with Gasteiger partial charge in [0.05, 0.1) is 6.42 Å². The van der Waals surface area contributed by atoms with Crippen LogP contribution in [0.5, 0.6) is 0 Å². The van der Waals surface area contributed by atoms with Crippen molar-refractivity contribution >= 4 is 11.6 Å². The summed E-state index contributed by atoms with van der Waals surface area (Å²) >= 11 is 0. The van der Waals surface area contributed by atoms with Crippen molar-refractivity contribution in [3.05, 3.63) is 65.2 Å². The minimum absolute atomic E-state index is 0.0277. The van der Waals surface area contributed by atoms with Gasteiger partial charge < -0.3 is 10.6 Å². The predicted octanol–water partition coefficient (Wildman–Crippen LogP) is 2.51. The van der Waals surface area contributed by atoms with E-state index in [1.807, 2.05) is 36.4 Å². The topological polar surface area (TPSA) is 41.1 Å². The van der Waals surface area contributed by atoms with Gasteiger partial charge in [0.15, 0.2) is 0 Å². The van der Waals surface area contributed by atoms with Crippen LogP contribution < -0.4 is 10.6 Å². The standard InChI is InChI=1S/C17H18N2O/c20-17(10-13-4-2-1-3-5-13)19-16-7-6-14-8-9-18-12-15(14)11-16/h1-7,11,18H,8-10,12H2,(H,19,20). The number of nitrogens with one attached hydrogen (secondary N) is 2. The number of rotatable bonds is 3. The number of benzene rings is 2. The van der Waals surface area contributed by atoms with E-state index >= 15 is 0 Å². The molecule has 3 nitrogen and oxygen atoms in total. The lowest BCUT2D eigenvalue weighted by atomic mass is 10.0. The third-order valence-electron chi connectivity index (χ3n) is 3.58. The molecule has 0 unspecified atom stereocenters. The van der Waals surface area contributed by atoms with Gasteiger partial charge in [-0.05, 0) is 41.8 Å². The third-order valence-corrected chi connectivity index (χ3v) is 3.58. The average Bonchev–Trinajstić information content (AvgIpc) is 2.48. The van der Waals surface area contributed by atoms with E-state index in [1.54, 1.807) is 0 Å². The number of amides is 1. The van der Waals surface area contributed by atoms with Gasteiger partial charge in [-0.2, -0.15) is 0 Å².